The maximum absolute atomic E-state index is 12.5. The van der Waals surface area contributed by atoms with Gasteiger partial charge in [-0.15, -0.1) is 0 Å². The summed E-state index contributed by atoms with van der Waals surface area (Å²) in [5.74, 6) is -0.458. The Labute approximate surface area is 141 Å². The van der Waals surface area contributed by atoms with E-state index in [0.717, 1.165) is 25.7 Å². The third-order valence-electron chi connectivity index (χ3n) is 5.44. The number of hydrogen-bond acceptors (Lipinski definition) is 4. The van der Waals surface area contributed by atoms with Crippen LogP contribution in [-0.2, 0) is 9.59 Å². The smallest absolute Gasteiger partial charge is 0.317 e. The molecule has 2 saturated heterocycles. The lowest BCUT2D eigenvalue weighted by molar-refractivity contribution is -0.164. The van der Waals surface area contributed by atoms with E-state index in [0.29, 0.717) is 13.1 Å². The highest BCUT2D eigenvalue weighted by Gasteiger charge is 2.47. The van der Waals surface area contributed by atoms with Crippen molar-refractivity contribution in [3.63, 3.8) is 0 Å². The predicted octanol–water partition coefficient (Wildman–Crippen LogP) is -0.626. The topological polar surface area (TPSA) is 93.2 Å². The van der Waals surface area contributed by atoms with Gasteiger partial charge >= 0.3 is 6.03 Å². The summed E-state index contributed by atoms with van der Waals surface area (Å²) in [5, 5.41) is 12.4. The lowest BCUT2D eigenvalue weighted by Crippen LogP contribution is -2.71. The largest absolute Gasteiger partial charge is 0.394 e. The number of aliphatic hydroxyl groups is 1. The number of aliphatic hydroxyl groups excluding tert-OH is 1. The van der Waals surface area contributed by atoms with Crippen LogP contribution in [0.1, 0.15) is 32.1 Å². The number of nitrogens with zero attached hydrogens (tertiary/aromatic N) is 3. The molecule has 8 nitrogen and oxygen atoms in total. The van der Waals surface area contributed by atoms with Gasteiger partial charge in [0.1, 0.15) is 12.1 Å². The van der Waals surface area contributed by atoms with Crippen LogP contribution in [-0.4, -0.2) is 89.1 Å². The minimum Gasteiger partial charge on any atom is -0.394 e. The third kappa shape index (κ3) is 3.07. The average Bonchev–Trinajstić information content (AvgIpc) is 2.60. The van der Waals surface area contributed by atoms with Crippen molar-refractivity contribution < 1.29 is 19.5 Å². The highest BCUT2D eigenvalue weighted by atomic mass is 16.3. The third-order valence-corrected chi connectivity index (χ3v) is 5.44. The van der Waals surface area contributed by atoms with Gasteiger partial charge in [-0.05, 0) is 12.8 Å². The number of fused-ring (bicyclic) bond motifs is 1. The Hall–Kier alpha value is -1.83. The molecule has 3 aliphatic rings. The van der Waals surface area contributed by atoms with Gasteiger partial charge in [-0.1, -0.05) is 19.3 Å². The number of carbonyl (C=O) groups excluding carboxylic acids is 3. The summed E-state index contributed by atoms with van der Waals surface area (Å²) >= 11 is 0. The first-order valence-electron chi connectivity index (χ1n) is 8.76. The van der Waals surface area contributed by atoms with Crippen molar-refractivity contribution in [2.24, 2.45) is 0 Å². The summed E-state index contributed by atoms with van der Waals surface area (Å²) in [6.45, 7) is 0.579. The van der Waals surface area contributed by atoms with Gasteiger partial charge in [0.15, 0.2) is 0 Å². The molecule has 8 heteroatoms. The zero-order valence-corrected chi connectivity index (χ0v) is 14.1. The van der Waals surface area contributed by atoms with E-state index in [1.54, 1.807) is 4.90 Å². The number of carbonyl (C=O) groups is 3. The molecule has 0 aromatic rings. The quantitative estimate of drug-likeness (QED) is 0.701. The monoisotopic (exact) mass is 338 g/mol. The summed E-state index contributed by atoms with van der Waals surface area (Å²) < 4.78 is 0. The van der Waals surface area contributed by atoms with Crippen LogP contribution >= 0.6 is 0 Å². The number of rotatable bonds is 2. The molecule has 2 aliphatic heterocycles. The number of hydrogen-bond donors (Lipinski definition) is 2. The van der Waals surface area contributed by atoms with Crippen molar-refractivity contribution in [2.45, 2.75) is 50.2 Å². The fourth-order valence-corrected chi connectivity index (χ4v) is 3.90. The lowest BCUT2D eigenvalue weighted by Gasteiger charge is -2.48. The highest BCUT2D eigenvalue weighted by molar-refractivity contribution is 5.97. The summed E-state index contributed by atoms with van der Waals surface area (Å²) in [4.78, 5) is 41.8. The molecule has 2 N–H and O–H groups in total. The molecule has 0 spiro atoms. The zero-order valence-electron chi connectivity index (χ0n) is 14.1. The minimum absolute atomic E-state index is 0.145. The Morgan fingerprint density at radius 1 is 1.17 bits per heavy atom. The van der Waals surface area contributed by atoms with Crippen LogP contribution in [0.2, 0.25) is 0 Å². The molecule has 0 unspecified atom stereocenters. The minimum atomic E-state index is -0.809. The molecule has 2 atom stereocenters. The fourth-order valence-electron chi connectivity index (χ4n) is 3.90. The number of urea groups is 1. The second-order valence-corrected chi connectivity index (χ2v) is 6.93. The Bertz CT molecular complexity index is 520. The van der Waals surface area contributed by atoms with Crippen LogP contribution in [0.25, 0.3) is 0 Å². The standard InChI is InChI=1S/C16H26N4O4/c1-18-13(10-21)15(23)20-8-7-19(9-12(20)14(18)22)16(24)17-11-5-3-2-4-6-11/h11-13,21H,2-10H2,1H3,(H,17,24)/t12-,13+/m1/s1. The fraction of sp³-hybridized carbons (Fsp3) is 0.812. The molecule has 1 aliphatic carbocycles. The van der Waals surface area contributed by atoms with Gasteiger partial charge in [0.05, 0.1) is 13.2 Å². The molecule has 3 fully saturated rings. The first kappa shape index (κ1) is 17.0. The lowest BCUT2D eigenvalue weighted by atomic mass is 9.95. The summed E-state index contributed by atoms with van der Waals surface area (Å²) in [6, 6.07) is -1.38. The van der Waals surface area contributed by atoms with Crippen LogP contribution < -0.4 is 5.32 Å². The zero-order chi connectivity index (χ0) is 17.3. The van der Waals surface area contributed by atoms with Crippen LogP contribution in [0, 0.1) is 0 Å². The van der Waals surface area contributed by atoms with Gasteiger partial charge in [0, 0.05) is 26.2 Å². The van der Waals surface area contributed by atoms with Gasteiger partial charge in [0.25, 0.3) is 0 Å². The summed E-state index contributed by atoms with van der Waals surface area (Å²) in [6.07, 6.45) is 5.52. The van der Waals surface area contributed by atoms with Crippen LogP contribution in [0.15, 0.2) is 0 Å². The van der Waals surface area contributed by atoms with E-state index in [9.17, 15) is 19.5 Å². The molecule has 0 aromatic heterocycles. The van der Waals surface area contributed by atoms with E-state index in [4.69, 9.17) is 0 Å². The molecule has 0 radical (unpaired) electrons. The van der Waals surface area contributed by atoms with Gasteiger partial charge in [0.2, 0.25) is 11.8 Å². The van der Waals surface area contributed by atoms with Crippen molar-refractivity contribution >= 4 is 17.8 Å². The van der Waals surface area contributed by atoms with Crippen molar-refractivity contribution in [1.82, 2.24) is 20.0 Å². The van der Waals surface area contributed by atoms with Crippen LogP contribution in [0.4, 0.5) is 4.79 Å². The Balaban J connectivity index is 1.63. The maximum Gasteiger partial charge on any atom is 0.317 e. The van der Waals surface area contributed by atoms with Gasteiger partial charge < -0.3 is 25.1 Å². The second kappa shape index (κ2) is 6.96. The molecular formula is C16H26N4O4. The van der Waals surface area contributed by atoms with Crippen molar-refractivity contribution in [2.75, 3.05) is 33.3 Å². The van der Waals surface area contributed by atoms with Gasteiger partial charge in [-0.25, -0.2) is 4.79 Å². The second-order valence-electron chi connectivity index (χ2n) is 6.93. The van der Waals surface area contributed by atoms with Crippen LogP contribution in [0.3, 0.4) is 0 Å². The molecule has 134 valence electrons. The first-order valence-corrected chi connectivity index (χ1v) is 8.76. The number of likely N-dealkylation sites (N-methyl/N-ethyl adjacent to an activating group) is 1. The Morgan fingerprint density at radius 2 is 1.88 bits per heavy atom. The maximum atomic E-state index is 12.5. The van der Waals surface area contributed by atoms with E-state index in [1.807, 2.05) is 0 Å². The molecule has 0 aromatic carbocycles. The predicted molar refractivity (Wildman–Crippen MR) is 86.1 cm³/mol. The Kier molecular flexibility index (Phi) is 4.93. The molecule has 0 bridgehead atoms. The molecule has 3 rings (SSSR count). The van der Waals surface area contributed by atoms with E-state index in [1.165, 1.54) is 23.3 Å². The van der Waals surface area contributed by atoms with Crippen molar-refractivity contribution in [3.05, 3.63) is 0 Å². The number of piperazine rings is 2. The van der Waals surface area contributed by atoms with E-state index in [2.05, 4.69) is 5.32 Å². The van der Waals surface area contributed by atoms with Crippen molar-refractivity contribution in [1.29, 1.82) is 0 Å². The number of amides is 4. The van der Waals surface area contributed by atoms with Gasteiger partial charge in [-0.3, -0.25) is 9.59 Å². The average molecular weight is 338 g/mol. The highest BCUT2D eigenvalue weighted by Crippen LogP contribution is 2.22. The summed E-state index contributed by atoms with van der Waals surface area (Å²) in [7, 11) is 1.53. The Morgan fingerprint density at radius 3 is 2.54 bits per heavy atom. The molecule has 4 amide bonds. The van der Waals surface area contributed by atoms with Gasteiger partial charge in [-0.2, -0.15) is 0 Å². The van der Waals surface area contributed by atoms with E-state index < -0.39 is 12.1 Å². The van der Waals surface area contributed by atoms with E-state index >= 15 is 0 Å². The molecule has 1 saturated carbocycles. The normalized spacial score (nSPS) is 28.8. The first-order chi connectivity index (χ1) is 11.5. The molecule has 24 heavy (non-hydrogen) atoms. The molecule has 2 heterocycles. The SMILES string of the molecule is CN1C(=O)[C@H]2CN(C(=O)NC3CCCCC3)CCN2C(=O)[C@@H]1CO. The molecular weight excluding hydrogens is 312 g/mol. The van der Waals surface area contributed by atoms with E-state index in [-0.39, 0.29) is 37.0 Å². The van der Waals surface area contributed by atoms with Crippen molar-refractivity contribution in [3.8, 4) is 0 Å². The number of nitrogens with one attached hydrogen (secondary N) is 1. The van der Waals surface area contributed by atoms with Crippen LogP contribution in [0.5, 0.6) is 0 Å². The summed E-state index contributed by atoms with van der Waals surface area (Å²) in [5.41, 5.74) is 0.